The Morgan fingerprint density at radius 1 is 1.65 bits per heavy atom. The molecule has 0 unspecified atom stereocenters. The van der Waals surface area contributed by atoms with Crippen LogP contribution in [0.2, 0.25) is 0 Å². The molecule has 0 saturated carbocycles. The Morgan fingerprint density at radius 3 is 2.88 bits per heavy atom. The van der Waals surface area contributed by atoms with Gasteiger partial charge < -0.3 is 14.7 Å². The van der Waals surface area contributed by atoms with E-state index in [1.165, 1.54) is 6.20 Å². The van der Waals surface area contributed by atoms with Crippen molar-refractivity contribution < 1.29 is 19.4 Å². The fraction of sp³-hybridized carbons (Fsp3) is 0.556. The molecule has 1 aromatic heterocycles. The summed E-state index contributed by atoms with van der Waals surface area (Å²) in [6.45, 7) is 2.21. The highest BCUT2D eigenvalue weighted by Crippen LogP contribution is 2.26. The average molecular weight is 257 g/mol. The monoisotopic (exact) mass is 257 g/mol. The number of ether oxygens (including phenoxy) is 1. The van der Waals surface area contributed by atoms with Gasteiger partial charge >= 0.3 is 5.97 Å². The zero-order valence-electron chi connectivity index (χ0n) is 9.12. The number of carbonyl (C=O) groups is 2. The number of rotatable bonds is 4. The molecule has 0 spiro atoms. The van der Waals surface area contributed by atoms with Crippen molar-refractivity contribution in [2.45, 2.75) is 12.5 Å². The molecule has 92 valence electrons. The highest BCUT2D eigenvalue weighted by atomic mass is 32.1. The molecule has 0 atom stereocenters. The summed E-state index contributed by atoms with van der Waals surface area (Å²) in [5.41, 5.74) is -0.563. The first-order chi connectivity index (χ1) is 8.00. The van der Waals surface area contributed by atoms with Crippen molar-refractivity contribution in [3.05, 3.63) is 11.1 Å². The van der Waals surface area contributed by atoms with Crippen LogP contribution in [-0.2, 0) is 9.53 Å². The number of amides is 1. The van der Waals surface area contributed by atoms with Crippen molar-refractivity contribution in [1.29, 1.82) is 0 Å². The van der Waals surface area contributed by atoms with E-state index in [9.17, 15) is 9.59 Å². The van der Waals surface area contributed by atoms with Crippen LogP contribution in [0.15, 0.2) is 6.20 Å². The second-order valence-electron chi connectivity index (χ2n) is 4.08. The molecule has 7 nitrogen and oxygen atoms in total. The third-order valence-corrected chi connectivity index (χ3v) is 3.11. The summed E-state index contributed by atoms with van der Waals surface area (Å²) < 4.78 is 8.82. The van der Waals surface area contributed by atoms with E-state index < -0.39 is 11.6 Å². The fourth-order valence-electron chi connectivity index (χ4n) is 1.65. The lowest BCUT2D eigenvalue weighted by atomic mass is 9.96. The quantitative estimate of drug-likeness (QED) is 0.806. The van der Waals surface area contributed by atoms with Gasteiger partial charge in [0, 0.05) is 0 Å². The van der Waals surface area contributed by atoms with Crippen LogP contribution in [0.1, 0.15) is 16.6 Å². The van der Waals surface area contributed by atoms with Gasteiger partial charge in [0.15, 0.2) is 0 Å². The Bertz CT molecular complexity index is 427. The van der Waals surface area contributed by atoms with Crippen LogP contribution in [0.25, 0.3) is 0 Å². The Kier molecular flexibility index (Phi) is 3.07. The maximum Gasteiger partial charge on any atom is 0.329 e. The Hall–Kier alpha value is -1.54. The van der Waals surface area contributed by atoms with E-state index in [-0.39, 0.29) is 12.5 Å². The molecule has 2 heterocycles. The van der Waals surface area contributed by atoms with E-state index in [2.05, 4.69) is 9.59 Å². The molecular formula is C9H11N3O4S. The lowest BCUT2D eigenvalue weighted by molar-refractivity contribution is -0.159. The Balaban J connectivity index is 1.86. The van der Waals surface area contributed by atoms with E-state index in [0.29, 0.717) is 18.0 Å². The Morgan fingerprint density at radius 2 is 2.35 bits per heavy atom. The highest BCUT2D eigenvalue weighted by Gasteiger charge is 2.43. The van der Waals surface area contributed by atoms with Crippen LogP contribution in [0.5, 0.6) is 0 Å². The summed E-state index contributed by atoms with van der Waals surface area (Å²) in [5, 5.41) is 12.1. The molecular weight excluding hydrogens is 246 g/mol. The smallest absolute Gasteiger partial charge is 0.329 e. The van der Waals surface area contributed by atoms with Crippen LogP contribution in [0.4, 0.5) is 0 Å². The first-order valence-electron chi connectivity index (χ1n) is 4.92. The van der Waals surface area contributed by atoms with Crippen LogP contribution in [-0.4, -0.2) is 56.8 Å². The molecule has 1 N–H and O–H groups in total. The van der Waals surface area contributed by atoms with Crippen molar-refractivity contribution in [3.8, 4) is 0 Å². The van der Waals surface area contributed by atoms with Gasteiger partial charge in [0.1, 0.15) is 17.1 Å². The predicted octanol–water partition coefficient (Wildman–Crippen LogP) is -0.146. The first kappa shape index (κ1) is 11.9. The van der Waals surface area contributed by atoms with Gasteiger partial charge in [-0.05, 0) is 18.5 Å². The topological polar surface area (TPSA) is 92.6 Å². The molecule has 8 heteroatoms. The van der Waals surface area contributed by atoms with E-state index in [1.54, 1.807) is 11.8 Å². The van der Waals surface area contributed by atoms with Gasteiger partial charge in [-0.3, -0.25) is 4.79 Å². The van der Waals surface area contributed by atoms with Crippen molar-refractivity contribution in [3.63, 3.8) is 0 Å². The summed E-state index contributed by atoms with van der Waals surface area (Å²) >= 11 is 1.04. The lowest BCUT2D eigenvalue weighted by Gasteiger charge is -2.46. The second kappa shape index (κ2) is 4.38. The standard InChI is InChI=1S/C9H11N3O4S/c1-9(16-3-7(13)14)4-12(5-9)8(15)6-2-10-11-17-6/h2H,3-5H2,1H3,(H,13,14). The minimum atomic E-state index is -1.01. The molecule has 1 aliphatic heterocycles. The van der Waals surface area contributed by atoms with E-state index >= 15 is 0 Å². The maximum absolute atomic E-state index is 11.8. The van der Waals surface area contributed by atoms with Gasteiger partial charge in [-0.25, -0.2) is 4.79 Å². The van der Waals surface area contributed by atoms with E-state index in [1.807, 2.05) is 0 Å². The minimum Gasteiger partial charge on any atom is -0.480 e. The average Bonchev–Trinajstić information content (AvgIpc) is 2.74. The van der Waals surface area contributed by atoms with Gasteiger partial charge in [-0.2, -0.15) is 0 Å². The number of hydrogen-bond acceptors (Lipinski definition) is 6. The summed E-state index contributed by atoms with van der Waals surface area (Å²) in [6.07, 6.45) is 1.42. The number of nitrogens with zero attached hydrogens (tertiary/aromatic N) is 3. The number of hydrogen-bond donors (Lipinski definition) is 1. The normalized spacial score (nSPS) is 17.6. The molecule has 1 saturated heterocycles. The predicted molar refractivity (Wildman–Crippen MR) is 57.8 cm³/mol. The number of aliphatic carboxylic acids is 1. The molecule has 1 aliphatic rings. The van der Waals surface area contributed by atoms with Gasteiger partial charge in [0.05, 0.1) is 19.3 Å². The molecule has 1 amide bonds. The van der Waals surface area contributed by atoms with Gasteiger partial charge in [-0.1, -0.05) is 4.49 Å². The zero-order valence-corrected chi connectivity index (χ0v) is 9.94. The maximum atomic E-state index is 11.8. The molecule has 0 bridgehead atoms. The summed E-state index contributed by atoms with van der Waals surface area (Å²) in [7, 11) is 0. The largest absolute Gasteiger partial charge is 0.480 e. The highest BCUT2D eigenvalue weighted by molar-refractivity contribution is 7.07. The molecule has 2 rings (SSSR count). The molecule has 0 aliphatic carbocycles. The van der Waals surface area contributed by atoms with Crippen molar-refractivity contribution in [2.75, 3.05) is 19.7 Å². The van der Waals surface area contributed by atoms with Crippen LogP contribution in [0, 0.1) is 0 Å². The van der Waals surface area contributed by atoms with Gasteiger partial charge in [0.2, 0.25) is 0 Å². The lowest BCUT2D eigenvalue weighted by Crippen LogP contribution is -2.63. The zero-order chi connectivity index (χ0) is 12.5. The van der Waals surface area contributed by atoms with Crippen LogP contribution in [0.3, 0.4) is 0 Å². The van der Waals surface area contributed by atoms with Crippen molar-refractivity contribution in [1.82, 2.24) is 14.5 Å². The number of likely N-dealkylation sites (tertiary alicyclic amines) is 1. The molecule has 17 heavy (non-hydrogen) atoms. The number of carboxylic acids is 1. The Labute approximate surface area is 101 Å². The van der Waals surface area contributed by atoms with E-state index in [0.717, 1.165) is 11.5 Å². The van der Waals surface area contributed by atoms with Crippen molar-refractivity contribution >= 4 is 23.4 Å². The molecule has 0 aromatic carbocycles. The van der Waals surface area contributed by atoms with Crippen molar-refractivity contribution in [2.24, 2.45) is 0 Å². The number of aromatic nitrogens is 2. The molecule has 0 radical (unpaired) electrons. The molecule has 1 aromatic rings. The third-order valence-electron chi connectivity index (χ3n) is 2.45. The van der Waals surface area contributed by atoms with Crippen LogP contribution < -0.4 is 0 Å². The fourth-order valence-corrected chi connectivity index (χ4v) is 2.13. The first-order valence-corrected chi connectivity index (χ1v) is 5.70. The minimum absolute atomic E-state index is 0.142. The van der Waals surface area contributed by atoms with Crippen LogP contribution >= 0.6 is 11.5 Å². The number of carbonyl (C=O) groups excluding carboxylic acids is 1. The second-order valence-corrected chi connectivity index (χ2v) is 4.86. The third kappa shape index (κ3) is 2.59. The summed E-state index contributed by atoms with van der Waals surface area (Å²) in [4.78, 5) is 24.2. The SMILES string of the molecule is CC1(OCC(=O)O)CN(C(=O)c2cnns2)C1. The van der Waals surface area contributed by atoms with Gasteiger partial charge in [-0.15, -0.1) is 5.10 Å². The molecule has 1 fully saturated rings. The number of carboxylic acid groups (broad SMARTS) is 1. The summed E-state index contributed by atoms with van der Waals surface area (Å²) in [6, 6.07) is 0. The van der Waals surface area contributed by atoms with Gasteiger partial charge in [0.25, 0.3) is 5.91 Å². The summed E-state index contributed by atoms with van der Waals surface area (Å²) in [5.74, 6) is -1.15. The van der Waals surface area contributed by atoms with E-state index in [4.69, 9.17) is 9.84 Å².